The summed E-state index contributed by atoms with van der Waals surface area (Å²) in [5.74, 6) is 0. The SMILES string of the molecule is C#CO[Si](CCCNC(=O)Nc1ccccc1)(OC#C)OC#C. The lowest BCUT2D eigenvalue weighted by atomic mass is 10.3. The zero-order valence-electron chi connectivity index (χ0n) is 12.4. The molecule has 118 valence electrons. The summed E-state index contributed by atoms with van der Waals surface area (Å²) in [6.07, 6.45) is 21.7. The number of benzene rings is 1. The lowest BCUT2D eigenvalue weighted by molar-refractivity contribution is 0.210. The molecule has 2 amide bonds. The molecule has 0 saturated heterocycles. The molecule has 1 aromatic rings. The van der Waals surface area contributed by atoms with E-state index < -0.39 is 8.80 Å². The highest BCUT2D eigenvalue weighted by atomic mass is 28.4. The highest BCUT2D eigenvalue weighted by Gasteiger charge is 2.47. The zero-order valence-corrected chi connectivity index (χ0v) is 13.4. The molecular weight excluding hydrogens is 312 g/mol. The van der Waals surface area contributed by atoms with Crippen LogP contribution in [0.15, 0.2) is 30.3 Å². The van der Waals surface area contributed by atoms with Crippen LogP contribution in [0.1, 0.15) is 6.42 Å². The minimum absolute atomic E-state index is 0.261. The minimum Gasteiger partial charge on any atom is -0.432 e. The van der Waals surface area contributed by atoms with Gasteiger partial charge >= 0.3 is 14.8 Å². The molecule has 0 spiro atoms. The largest absolute Gasteiger partial charge is 0.725 e. The van der Waals surface area contributed by atoms with Gasteiger partial charge in [-0.2, -0.15) is 0 Å². The summed E-state index contributed by atoms with van der Waals surface area (Å²) in [6.45, 7) is 0.337. The van der Waals surface area contributed by atoms with E-state index in [1.807, 2.05) is 36.5 Å². The van der Waals surface area contributed by atoms with E-state index in [0.29, 0.717) is 18.7 Å². The van der Waals surface area contributed by atoms with Gasteiger partial charge in [0.1, 0.15) is 0 Å². The van der Waals surface area contributed by atoms with Gasteiger partial charge < -0.3 is 23.9 Å². The number of hydrogen-bond donors (Lipinski definition) is 2. The summed E-state index contributed by atoms with van der Waals surface area (Å²) in [7, 11) is -3.32. The Bertz CT molecular complexity index is 587. The molecule has 1 rings (SSSR count). The normalized spacial score (nSPS) is 9.43. The van der Waals surface area contributed by atoms with Crippen LogP contribution in [0, 0.1) is 37.6 Å². The number of para-hydroxylation sites is 1. The monoisotopic (exact) mass is 328 g/mol. The molecule has 0 atom stereocenters. The van der Waals surface area contributed by atoms with Gasteiger partial charge in [0, 0.05) is 12.2 Å². The van der Waals surface area contributed by atoms with E-state index in [1.165, 1.54) is 0 Å². The third-order valence-corrected chi connectivity index (χ3v) is 4.87. The van der Waals surface area contributed by atoms with Crippen LogP contribution >= 0.6 is 0 Å². The summed E-state index contributed by atoms with van der Waals surface area (Å²) in [5, 5.41) is 5.37. The van der Waals surface area contributed by atoms with Crippen LogP contribution in [-0.2, 0) is 13.3 Å². The van der Waals surface area contributed by atoms with Crippen LogP contribution in [0.4, 0.5) is 10.5 Å². The third-order valence-electron chi connectivity index (χ3n) is 2.62. The van der Waals surface area contributed by atoms with E-state index in [0.717, 1.165) is 0 Å². The molecule has 6 nitrogen and oxygen atoms in total. The summed E-state index contributed by atoms with van der Waals surface area (Å²) >= 11 is 0. The number of carbonyl (C=O) groups excluding carboxylic acids is 1. The second kappa shape index (κ2) is 9.67. The average Bonchev–Trinajstić information content (AvgIpc) is 2.53. The van der Waals surface area contributed by atoms with Gasteiger partial charge in [0.15, 0.2) is 0 Å². The van der Waals surface area contributed by atoms with Crippen molar-refractivity contribution in [1.82, 2.24) is 5.32 Å². The topological polar surface area (TPSA) is 68.8 Å². The number of nitrogens with one attached hydrogen (secondary N) is 2. The maximum atomic E-state index is 11.7. The van der Waals surface area contributed by atoms with Crippen molar-refractivity contribution in [3.8, 4) is 37.6 Å². The van der Waals surface area contributed by atoms with Gasteiger partial charge in [0.2, 0.25) is 0 Å². The van der Waals surface area contributed by atoms with Gasteiger partial charge in [-0.25, -0.2) is 4.79 Å². The molecular formula is C16H16N2O4Si. The molecule has 23 heavy (non-hydrogen) atoms. The number of anilines is 1. The van der Waals surface area contributed by atoms with Gasteiger partial charge in [-0.1, -0.05) is 37.5 Å². The summed E-state index contributed by atoms with van der Waals surface area (Å²) in [6, 6.07) is 8.98. The predicted molar refractivity (Wildman–Crippen MR) is 88.4 cm³/mol. The van der Waals surface area contributed by atoms with Crippen molar-refractivity contribution in [3.63, 3.8) is 0 Å². The van der Waals surface area contributed by atoms with Gasteiger partial charge in [-0.15, -0.1) is 0 Å². The van der Waals surface area contributed by atoms with Gasteiger partial charge in [-0.05, 0) is 18.6 Å². The lowest BCUT2D eigenvalue weighted by Crippen LogP contribution is -2.43. The molecule has 0 aliphatic rings. The molecule has 0 aliphatic carbocycles. The molecule has 0 saturated carbocycles. The Morgan fingerprint density at radius 1 is 1.04 bits per heavy atom. The van der Waals surface area contributed by atoms with Crippen LogP contribution in [-0.4, -0.2) is 21.4 Å². The predicted octanol–water partition coefficient (Wildman–Crippen LogP) is 1.96. The number of rotatable bonds is 8. The summed E-state index contributed by atoms with van der Waals surface area (Å²) < 4.78 is 15.1. The molecule has 2 N–H and O–H groups in total. The van der Waals surface area contributed by atoms with Gasteiger partial charge in [0.05, 0.1) is 24.4 Å². The number of hydrogen-bond acceptors (Lipinski definition) is 4. The minimum atomic E-state index is -3.32. The van der Waals surface area contributed by atoms with Crippen LogP contribution < -0.4 is 10.6 Å². The Morgan fingerprint density at radius 3 is 2.13 bits per heavy atom. The number of terminal acetylenes is 3. The fourth-order valence-electron chi connectivity index (χ4n) is 1.69. The van der Waals surface area contributed by atoms with E-state index in [4.69, 9.17) is 32.5 Å². The quantitative estimate of drug-likeness (QED) is 0.435. The van der Waals surface area contributed by atoms with E-state index in [2.05, 4.69) is 10.6 Å². The molecule has 0 unspecified atom stereocenters. The fourth-order valence-corrected chi connectivity index (χ4v) is 3.27. The van der Waals surface area contributed by atoms with E-state index >= 15 is 0 Å². The van der Waals surface area contributed by atoms with Crippen molar-refractivity contribution < 1.29 is 18.1 Å². The molecule has 0 aromatic heterocycles. The van der Waals surface area contributed by atoms with Crippen molar-refractivity contribution >= 4 is 20.5 Å². The van der Waals surface area contributed by atoms with Gasteiger partial charge in [-0.3, -0.25) is 0 Å². The van der Waals surface area contributed by atoms with Crippen LogP contribution in [0.2, 0.25) is 6.04 Å². The lowest BCUT2D eigenvalue weighted by Gasteiger charge is -2.20. The Balaban J connectivity index is 2.42. The summed E-state index contributed by atoms with van der Waals surface area (Å²) in [4.78, 5) is 11.7. The highest BCUT2D eigenvalue weighted by molar-refractivity contribution is 6.61. The maximum absolute atomic E-state index is 11.7. The molecule has 7 heteroatoms. The Hall–Kier alpha value is -3.21. The van der Waals surface area contributed by atoms with Crippen molar-refractivity contribution in [2.45, 2.75) is 12.5 Å². The second-order valence-corrected chi connectivity index (χ2v) is 6.67. The smallest absolute Gasteiger partial charge is 0.432 e. The second-order valence-electron chi connectivity index (χ2n) is 4.19. The Morgan fingerprint density at radius 2 is 1.61 bits per heavy atom. The number of carbonyl (C=O) groups is 1. The van der Waals surface area contributed by atoms with Crippen LogP contribution in [0.25, 0.3) is 0 Å². The maximum Gasteiger partial charge on any atom is 0.725 e. The first-order chi connectivity index (χ1) is 11.2. The first-order valence-corrected chi connectivity index (χ1v) is 8.59. The molecule has 0 aliphatic heterocycles. The first-order valence-electron chi connectivity index (χ1n) is 6.66. The first kappa shape index (κ1) is 17.8. The van der Waals surface area contributed by atoms with E-state index in [9.17, 15) is 4.79 Å². The van der Waals surface area contributed by atoms with Crippen molar-refractivity contribution in [3.05, 3.63) is 30.3 Å². The number of urea groups is 1. The van der Waals surface area contributed by atoms with E-state index in [-0.39, 0.29) is 12.1 Å². The van der Waals surface area contributed by atoms with Crippen molar-refractivity contribution in [2.24, 2.45) is 0 Å². The average molecular weight is 328 g/mol. The number of amides is 2. The fraction of sp³-hybridized carbons (Fsp3) is 0.188. The van der Waals surface area contributed by atoms with Crippen LogP contribution in [0.3, 0.4) is 0 Å². The molecule has 1 aromatic carbocycles. The Kier molecular flexibility index (Phi) is 7.50. The molecule has 0 heterocycles. The molecule has 0 fully saturated rings. The van der Waals surface area contributed by atoms with Crippen LogP contribution in [0.5, 0.6) is 0 Å². The molecule has 0 bridgehead atoms. The zero-order chi connectivity index (χ0) is 17.0. The third kappa shape index (κ3) is 6.39. The molecule has 0 radical (unpaired) electrons. The standard InChI is InChI=1S/C16H16N2O4Si/c1-4-20-23(21-5-2,22-6-3)14-10-13-17-16(19)18-15-11-8-7-9-12-15/h1-3,7-9,11-12H,10,13-14H2,(H2,17,18,19). The Labute approximate surface area is 136 Å². The van der Waals surface area contributed by atoms with Gasteiger partial charge in [0.25, 0.3) is 0 Å². The van der Waals surface area contributed by atoms with Crippen molar-refractivity contribution in [1.29, 1.82) is 0 Å². The highest BCUT2D eigenvalue weighted by Crippen LogP contribution is 2.16. The van der Waals surface area contributed by atoms with E-state index in [1.54, 1.807) is 12.1 Å². The summed E-state index contributed by atoms with van der Waals surface area (Å²) in [5.41, 5.74) is 0.690. The van der Waals surface area contributed by atoms with Crippen molar-refractivity contribution in [2.75, 3.05) is 11.9 Å².